The molecule has 0 aliphatic carbocycles. The summed E-state index contributed by atoms with van der Waals surface area (Å²) >= 11 is 0. The molecule has 0 unspecified atom stereocenters. The average molecular weight is 160 g/mol. The summed E-state index contributed by atoms with van der Waals surface area (Å²) in [7, 11) is 0. The average Bonchev–Trinajstić information content (AvgIpc) is 2.09. The minimum Gasteiger partial charge on any atom is -0.476 e. The van der Waals surface area contributed by atoms with Crippen LogP contribution >= 0.6 is 0 Å². The van der Waals surface area contributed by atoms with Gasteiger partial charge in [-0.25, -0.2) is 4.79 Å². The maximum atomic E-state index is 9.00. The molecular weight excluding hydrogens is 148 g/mol. The summed E-state index contributed by atoms with van der Waals surface area (Å²) in [6.45, 7) is 4.56. The van der Waals surface area contributed by atoms with Crippen molar-refractivity contribution in [3.63, 3.8) is 0 Å². The van der Waals surface area contributed by atoms with Crippen LogP contribution in [0.1, 0.15) is 0 Å². The van der Waals surface area contributed by atoms with Crippen LogP contribution < -0.4 is 10.6 Å². The molecule has 0 aromatic carbocycles. The summed E-state index contributed by atoms with van der Waals surface area (Å²) in [6.07, 6.45) is -0.167. The van der Waals surface area contributed by atoms with E-state index in [9.17, 15) is 0 Å². The molecule has 0 bridgehead atoms. The van der Waals surface area contributed by atoms with Crippen LogP contribution in [0, 0.1) is 0 Å². The first-order chi connectivity index (χ1) is 5.27. The van der Waals surface area contributed by atoms with Crippen molar-refractivity contribution < 1.29 is 14.7 Å². The molecule has 0 saturated carbocycles. The van der Waals surface area contributed by atoms with E-state index in [0.717, 1.165) is 26.2 Å². The topological polar surface area (TPSA) is 78.4 Å². The summed E-state index contributed by atoms with van der Waals surface area (Å²) in [6, 6.07) is 0. The van der Waals surface area contributed by atoms with Gasteiger partial charge in [-0.15, -0.1) is 0 Å². The van der Waals surface area contributed by atoms with Gasteiger partial charge in [-0.2, -0.15) is 0 Å². The summed E-state index contributed by atoms with van der Waals surface area (Å²) in [4.78, 5) is 17.9. The first-order valence-electron chi connectivity index (χ1n) is 3.37. The van der Waals surface area contributed by atoms with Gasteiger partial charge in [0.25, 0.3) is 0 Å². The van der Waals surface area contributed by atoms with E-state index in [0.29, 0.717) is 0 Å². The molecule has 0 spiro atoms. The Balaban J connectivity index is 0.000000187. The Hall–Kier alpha value is -0.940. The molecule has 1 saturated heterocycles. The maximum absolute atomic E-state index is 9.00. The highest BCUT2D eigenvalue weighted by molar-refractivity contribution is 6.19. The Morgan fingerprint density at radius 2 is 1.45 bits per heavy atom. The molecular formula is C6H12N2O3. The lowest BCUT2D eigenvalue weighted by Crippen LogP contribution is -2.39. The zero-order valence-corrected chi connectivity index (χ0v) is 6.17. The van der Waals surface area contributed by atoms with Crippen LogP contribution in [0.15, 0.2) is 0 Å². The summed E-state index contributed by atoms with van der Waals surface area (Å²) in [5.74, 6) is -1.43. The number of aldehydes is 1. The lowest BCUT2D eigenvalue weighted by Gasteiger charge is -2.11. The van der Waals surface area contributed by atoms with E-state index in [1.165, 1.54) is 0 Å². The van der Waals surface area contributed by atoms with Crippen molar-refractivity contribution in [2.75, 3.05) is 26.2 Å². The van der Waals surface area contributed by atoms with E-state index in [2.05, 4.69) is 10.6 Å². The minimum atomic E-state index is -1.43. The number of aliphatic carboxylic acids is 1. The van der Waals surface area contributed by atoms with Gasteiger partial charge in [0.15, 0.2) is 0 Å². The molecule has 0 amide bonds. The fourth-order valence-corrected chi connectivity index (χ4v) is 0.604. The van der Waals surface area contributed by atoms with Gasteiger partial charge in [-0.1, -0.05) is 0 Å². The number of nitrogens with one attached hydrogen (secondary N) is 2. The van der Waals surface area contributed by atoms with E-state index >= 15 is 0 Å². The van der Waals surface area contributed by atoms with Crippen LogP contribution in [0.4, 0.5) is 0 Å². The second kappa shape index (κ2) is 7.17. The molecule has 1 rings (SSSR count). The molecule has 0 radical (unpaired) electrons. The van der Waals surface area contributed by atoms with Gasteiger partial charge in [0, 0.05) is 26.2 Å². The number of carboxylic acid groups (broad SMARTS) is 1. The number of hydrogen-bond donors (Lipinski definition) is 3. The highest BCUT2D eigenvalue weighted by atomic mass is 16.4. The van der Waals surface area contributed by atoms with Crippen LogP contribution in [-0.2, 0) is 9.59 Å². The largest absolute Gasteiger partial charge is 0.476 e. The fourth-order valence-electron chi connectivity index (χ4n) is 0.604. The lowest BCUT2D eigenvalue weighted by atomic mass is 10.4. The van der Waals surface area contributed by atoms with Gasteiger partial charge in [0.05, 0.1) is 0 Å². The van der Waals surface area contributed by atoms with Gasteiger partial charge in [0.2, 0.25) is 6.29 Å². The standard InChI is InChI=1S/C4H10N2.C2H2O3/c1-2-6-4-3-5-1;3-1-2(4)5/h5-6H,1-4H2;1H,(H,4,5). The van der Waals surface area contributed by atoms with Gasteiger partial charge in [-0.3, -0.25) is 4.79 Å². The van der Waals surface area contributed by atoms with Crippen molar-refractivity contribution in [3.05, 3.63) is 0 Å². The molecule has 1 fully saturated rings. The molecule has 1 aliphatic rings. The van der Waals surface area contributed by atoms with Crippen molar-refractivity contribution in [2.45, 2.75) is 0 Å². The van der Waals surface area contributed by atoms with Crippen LogP contribution in [0.25, 0.3) is 0 Å². The van der Waals surface area contributed by atoms with E-state index < -0.39 is 5.97 Å². The van der Waals surface area contributed by atoms with Crippen molar-refractivity contribution in [2.24, 2.45) is 0 Å². The molecule has 0 atom stereocenters. The molecule has 1 heterocycles. The van der Waals surface area contributed by atoms with Gasteiger partial charge in [-0.05, 0) is 0 Å². The number of carbonyl (C=O) groups excluding carboxylic acids is 1. The fraction of sp³-hybridized carbons (Fsp3) is 0.667. The molecule has 5 nitrogen and oxygen atoms in total. The number of hydrogen-bond acceptors (Lipinski definition) is 4. The summed E-state index contributed by atoms with van der Waals surface area (Å²) in [5.41, 5.74) is 0. The number of rotatable bonds is 1. The highest BCUT2D eigenvalue weighted by Gasteiger charge is 1.91. The van der Waals surface area contributed by atoms with E-state index in [1.54, 1.807) is 0 Å². The molecule has 64 valence electrons. The van der Waals surface area contributed by atoms with Gasteiger partial charge < -0.3 is 15.7 Å². The minimum absolute atomic E-state index is 0.167. The molecule has 11 heavy (non-hydrogen) atoms. The zero-order chi connectivity index (χ0) is 8.53. The third kappa shape index (κ3) is 9.06. The van der Waals surface area contributed by atoms with Crippen LogP contribution in [-0.4, -0.2) is 43.5 Å². The smallest absolute Gasteiger partial charge is 0.368 e. The Morgan fingerprint density at radius 3 is 1.55 bits per heavy atom. The monoisotopic (exact) mass is 160 g/mol. The van der Waals surface area contributed by atoms with Crippen molar-refractivity contribution in [1.29, 1.82) is 0 Å². The van der Waals surface area contributed by atoms with Crippen molar-refractivity contribution >= 4 is 12.3 Å². The van der Waals surface area contributed by atoms with E-state index in [4.69, 9.17) is 14.7 Å². The predicted octanol–water partition coefficient (Wildman–Crippen LogP) is -1.55. The highest BCUT2D eigenvalue weighted by Crippen LogP contribution is 1.65. The lowest BCUT2D eigenvalue weighted by molar-refractivity contribution is -0.143. The second-order valence-corrected chi connectivity index (χ2v) is 1.96. The Morgan fingerprint density at radius 1 is 1.18 bits per heavy atom. The number of carboxylic acids is 1. The van der Waals surface area contributed by atoms with Gasteiger partial charge >= 0.3 is 5.97 Å². The molecule has 0 aromatic heterocycles. The molecule has 0 aromatic rings. The first kappa shape index (κ1) is 10.1. The quantitative estimate of drug-likeness (QED) is 0.320. The van der Waals surface area contributed by atoms with Crippen molar-refractivity contribution in [1.82, 2.24) is 10.6 Å². The van der Waals surface area contributed by atoms with Crippen molar-refractivity contribution in [3.8, 4) is 0 Å². The molecule has 1 aliphatic heterocycles. The maximum Gasteiger partial charge on any atom is 0.368 e. The zero-order valence-electron chi connectivity index (χ0n) is 6.17. The number of piperazine rings is 1. The molecule has 3 N–H and O–H groups in total. The Labute approximate surface area is 64.8 Å². The van der Waals surface area contributed by atoms with Gasteiger partial charge in [0.1, 0.15) is 0 Å². The Bertz CT molecular complexity index is 111. The second-order valence-electron chi connectivity index (χ2n) is 1.96. The summed E-state index contributed by atoms with van der Waals surface area (Å²) < 4.78 is 0. The first-order valence-corrected chi connectivity index (χ1v) is 3.37. The van der Waals surface area contributed by atoms with Crippen LogP contribution in [0.5, 0.6) is 0 Å². The normalized spacial score (nSPS) is 16.0. The third-order valence-corrected chi connectivity index (χ3v) is 1.06. The van der Waals surface area contributed by atoms with Crippen LogP contribution in [0.3, 0.4) is 0 Å². The van der Waals surface area contributed by atoms with E-state index in [1.807, 2.05) is 0 Å². The SMILES string of the molecule is C1CNCCN1.O=CC(=O)O. The van der Waals surface area contributed by atoms with Crippen LogP contribution in [0.2, 0.25) is 0 Å². The van der Waals surface area contributed by atoms with E-state index in [-0.39, 0.29) is 6.29 Å². The Kier molecular flexibility index (Phi) is 6.56. The predicted molar refractivity (Wildman–Crippen MR) is 39.4 cm³/mol. The third-order valence-electron chi connectivity index (χ3n) is 1.06. The summed E-state index contributed by atoms with van der Waals surface area (Å²) in [5, 5.41) is 13.8. The molecule has 5 heteroatoms. The number of carbonyl (C=O) groups is 2.